The summed E-state index contributed by atoms with van der Waals surface area (Å²) < 4.78 is 26.0. The zero-order valence-corrected chi connectivity index (χ0v) is 24.1. The van der Waals surface area contributed by atoms with Gasteiger partial charge in [-0.05, 0) is 32.1 Å². The van der Waals surface area contributed by atoms with E-state index in [1.807, 2.05) is 0 Å². The molecule has 0 aromatic heterocycles. The molecule has 0 aromatic rings. The summed E-state index contributed by atoms with van der Waals surface area (Å²) in [4.78, 5) is 32.0. The third kappa shape index (κ3) is 27.6. The molecular formula is C27H52NO8P. The quantitative estimate of drug-likeness (QED) is 0.0520. The van der Waals surface area contributed by atoms with Gasteiger partial charge in [-0.25, -0.2) is 4.57 Å². The molecule has 0 aliphatic heterocycles. The molecule has 0 rings (SSSR count). The molecule has 1 amide bonds. The Labute approximate surface area is 224 Å². The Bertz CT molecular complexity index is 644. The molecule has 0 aliphatic carbocycles. The monoisotopic (exact) mass is 549 g/mol. The number of aliphatic hydroxyl groups excluding tert-OH is 1. The van der Waals surface area contributed by atoms with Crippen LogP contribution in [0.5, 0.6) is 0 Å². The van der Waals surface area contributed by atoms with Gasteiger partial charge in [-0.2, -0.15) is 0 Å². The lowest BCUT2D eigenvalue weighted by Gasteiger charge is -2.15. The first-order valence-electron chi connectivity index (χ1n) is 14.1. The van der Waals surface area contributed by atoms with Crippen molar-refractivity contribution in [3.05, 3.63) is 12.2 Å². The predicted octanol–water partition coefficient (Wildman–Crippen LogP) is 5.98. The molecule has 0 bridgehead atoms. The van der Waals surface area contributed by atoms with E-state index in [-0.39, 0.29) is 32.1 Å². The van der Waals surface area contributed by atoms with E-state index >= 15 is 0 Å². The van der Waals surface area contributed by atoms with E-state index in [4.69, 9.17) is 4.74 Å². The average Bonchev–Trinajstić information content (AvgIpc) is 2.86. The lowest BCUT2D eigenvalue weighted by Crippen LogP contribution is -2.25. The number of phosphoric ester groups is 1. The van der Waals surface area contributed by atoms with Gasteiger partial charge < -0.3 is 20.1 Å². The number of phosphoric acid groups is 1. The van der Waals surface area contributed by atoms with Crippen molar-refractivity contribution >= 4 is 19.7 Å². The van der Waals surface area contributed by atoms with Gasteiger partial charge in [-0.3, -0.25) is 18.6 Å². The Morgan fingerprint density at radius 2 is 1.38 bits per heavy atom. The van der Waals surface area contributed by atoms with Crippen molar-refractivity contribution in [3.8, 4) is 0 Å². The third-order valence-corrected chi connectivity index (χ3v) is 6.72. The lowest BCUT2D eigenvalue weighted by molar-refractivity contribution is -0.147. The van der Waals surface area contributed by atoms with Gasteiger partial charge >= 0.3 is 13.8 Å². The molecule has 3 N–H and O–H groups in total. The molecule has 0 fully saturated rings. The predicted molar refractivity (Wildman–Crippen MR) is 146 cm³/mol. The lowest BCUT2D eigenvalue weighted by atomic mass is 10.1. The molecule has 0 spiro atoms. The topological polar surface area (TPSA) is 131 Å². The van der Waals surface area contributed by atoms with Crippen molar-refractivity contribution in [1.82, 2.24) is 5.32 Å². The highest BCUT2D eigenvalue weighted by Gasteiger charge is 2.23. The van der Waals surface area contributed by atoms with Gasteiger partial charge in [0.15, 0.2) is 0 Å². The highest BCUT2D eigenvalue weighted by Crippen LogP contribution is 2.42. The molecule has 0 aromatic carbocycles. The maximum atomic E-state index is 11.8. The van der Waals surface area contributed by atoms with Crippen molar-refractivity contribution in [3.63, 3.8) is 0 Å². The summed E-state index contributed by atoms with van der Waals surface area (Å²) in [5, 5.41) is 12.2. The van der Waals surface area contributed by atoms with Crippen molar-refractivity contribution in [2.24, 2.45) is 0 Å². The van der Waals surface area contributed by atoms with E-state index in [1.165, 1.54) is 84.0 Å². The molecular weight excluding hydrogens is 497 g/mol. The van der Waals surface area contributed by atoms with Crippen LogP contribution in [0.3, 0.4) is 0 Å². The van der Waals surface area contributed by atoms with Gasteiger partial charge in [0.1, 0.15) is 12.7 Å². The Kier molecular flexibility index (Phi) is 24.2. The number of carbonyl (C=O) groups excluding carboxylic acids is 2. The van der Waals surface area contributed by atoms with Gasteiger partial charge in [0, 0.05) is 19.9 Å². The molecule has 218 valence electrons. The largest absolute Gasteiger partial charge is 0.472 e. The van der Waals surface area contributed by atoms with Crippen LogP contribution in [0, 0.1) is 0 Å². The second kappa shape index (κ2) is 25.1. The number of unbranched alkanes of at least 4 members (excludes halogenated alkanes) is 13. The summed E-state index contributed by atoms with van der Waals surface area (Å²) in [5.41, 5.74) is 0. The molecule has 0 saturated carbocycles. The summed E-state index contributed by atoms with van der Waals surface area (Å²) in [6, 6.07) is 0. The molecule has 2 atom stereocenters. The summed E-state index contributed by atoms with van der Waals surface area (Å²) in [6.45, 7) is 2.56. The molecule has 37 heavy (non-hydrogen) atoms. The van der Waals surface area contributed by atoms with E-state index in [9.17, 15) is 24.2 Å². The minimum absolute atomic E-state index is 0.0560. The number of esters is 1. The summed E-state index contributed by atoms with van der Waals surface area (Å²) in [5.74, 6) is -0.701. The second-order valence-corrected chi connectivity index (χ2v) is 10.9. The molecule has 0 saturated heterocycles. The van der Waals surface area contributed by atoms with Crippen molar-refractivity contribution in [1.29, 1.82) is 0 Å². The van der Waals surface area contributed by atoms with E-state index in [0.717, 1.165) is 19.3 Å². The first kappa shape index (κ1) is 35.8. The van der Waals surface area contributed by atoms with Crippen LogP contribution in [-0.4, -0.2) is 54.3 Å². The van der Waals surface area contributed by atoms with Crippen molar-refractivity contribution in [2.75, 3.05) is 26.4 Å². The SMILES string of the molecule is CCCCCCCC/C=C\CCCCCCCCCC(=O)OCC(O)COP(=O)(O)OCCNC(C)=O. The number of carbonyl (C=O) groups is 2. The van der Waals surface area contributed by atoms with Gasteiger partial charge in [0.25, 0.3) is 0 Å². The number of hydrogen-bond donors (Lipinski definition) is 3. The van der Waals surface area contributed by atoms with Gasteiger partial charge in [0.2, 0.25) is 5.91 Å². The maximum Gasteiger partial charge on any atom is 0.472 e. The van der Waals surface area contributed by atoms with Gasteiger partial charge in [0.05, 0.1) is 13.2 Å². The summed E-state index contributed by atoms with van der Waals surface area (Å²) in [7, 11) is -4.36. The fourth-order valence-corrected chi connectivity index (χ4v) is 4.37. The minimum Gasteiger partial charge on any atom is -0.463 e. The van der Waals surface area contributed by atoms with Crippen molar-refractivity contribution in [2.45, 2.75) is 123 Å². The van der Waals surface area contributed by atoms with Crippen LogP contribution in [0.25, 0.3) is 0 Å². The molecule has 2 unspecified atom stereocenters. The fourth-order valence-electron chi connectivity index (χ4n) is 3.61. The smallest absolute Gasteiger partial charge is 0.463 e. The number of hydrogen-bond acceptors (Lipinski definition) is 7. The van der Waals surface area contributed by atoms with Crippen LogP contribution < -0.4 is 5.32 Å². The number of allylic oxidation sites excluding steroid dienone is 2. The molecule has 0 heterocycles. The van der Waals surface area contributed by atoms with Gasteiger partial charge in [-0.1, -0.05) is 83.3 Å². The highest BCUT2D eigenvalue weighted by molar-refractivity contribution is 7.47. The number of rotatable bonds is 26. The molecule has 9 nitrogen and oxygen atoms in total. The Hall–Kier alpha value is -1.25. The van der Waals surface area contributed by atoms with E-state index in [1.54, 1.807) is 0 Å². The van der Waals surface area contributed by atoms with Crippen molar-refractivity contribution < 1.29 is 37.9 Å². The Balaban J connectivity index is 3.52. The van der Waals surface area contributed by atoms with E-state index in [2.05, 4.69) is 33.4 Å². The standard InChI is InChI=1S/C27H52NO8P/c1-3-4-5-6-7-8-9-10-11-12-13-14-15-16-17-18-19-20-27(31)34-23-26(30)24-36-37(32,33)35-22-21-28-25(2)29/h10-11,26,30H,3-9,12-24H2,1-2H3,(H,28,29)(H,32,33)/b11-10-. The van der Waals surface area contributed by atoms with Crippen LogP contribution in [-0.2, 0) is 27.9 Å². The summed E-state index contributed by atoms with van der Waals surface area (Å²) in [6.07, 6.45) is 21.8. The van der Waals surface area contributed by atoms with Crippen LogP contribution in [0.2, 0.25) is 0 Å². The number of nitrogens with one attached hydrogen (secondary N) is 1. The van der Waals surface area contributed by atoms with E-state index < -0.39 is 26.5 Å². The maximum absolute atomic E-state index is 11.8. The van der Waals surface area contributed by atoms with Crippen LogP contribution >= 0.6 is 7.82 Å². The van der Waals surface area contributed by atoms with Crippen LogP contribution in [0.4, 0.5) is 0 Å². The van der Waals surface area contributed by atoms with Crippen LogP contribution in [0.15, 0.2) is 12.2 Å². The number of ether oxygens (including phenoxy) is 1. The van der Waals surface area contributed by atoms with E-state index in [0.29, 0.717) is 0 Å². The number of aliphatic hydroxyl groups is 1. The van der Waals surface area contributed by atoms with Gasteiger partial charge in [-0.15, -0.1) is 0 Å². The fraction of sp³-hybridized carbons (Fsp3) is 0.852. The first-order chi connectivity index (χ1) is 17.8. The minimum atomic E-state index is -4.36. The molecule has 10 heteroatoms. The Morgan fingerprint density at radius 1 is 0.838 bits per heavy atom. The third-order valence-electron chi connectivity index (χ3n) is 5.74. The van der Waals surface area contributed by atoms with Crippen LogP contribution in [0.1, 0.15) is 117 Å². The molecule has 0 radical (unpaired) electrons. The zero-order valence-electron chi connectivity index (χ0n) is 23.2. The Morgan fingerprint density at radius 3 is 1.95 bits per heavy atom. The second-order valence-electron chi connectivity index (χ2n) is 9.46. The first-order valence-corrected chi connectivity index (χ1v) is 15.6. The highest BCUT2D eigenvalue weighted by atomic mass is 31.2. The normalized spacial score (nSPS) is 13.9. The number of amides is 1. The molecule has 0 aliphatic rings. The average molecular weight is 550 g/mol. The summed E-state index contributed by atoms with van der Waals surface area (Å²) >= 11 is 0. The zero-order chi connectivity index (χ0) is 27.6.